The Labute approximate surface area is 71.5 Å². The van der Waals surface area contributed by atoms with E-state index < -0.39 is 0 Å². The maximum Gasteiger partial charge on any atom is 0.134 e. The first kappa shape index (κ1) is 7.95. The Bertz CT molecular complexity index is 265. The molecule has 1 rings (SSSR count). The molecule has 0 saturated carbocycles. The second-order valence-corrected chi connectivity index (χ2v) is 4.05. The second-order valence-electron chi connectivity index (χ2n) is 1.94. The zero-order valence-electron chi connectivity index (χ0n) is 5.45. The molecule has 0 aliphatic carbocycles. The molecule has 1 heterocycles. The Morgan fingerprint density at radius 1 is 1.80 bits per heavy atom. The summed E-state index contributed by atoms with van der Waals surface area (Å²) in [5.41, 5.74) is 0. The van der Waals surface area contributed by atoms with Crippen LogP contribution in [-0.2, 0) is 0 Å². The van der Waals surface area contributed by atoms with E-state index in [-0.39, 0.29) is 5.83 Å². The van der Waals surface area contributed by atoms with Gasteiger partial charge in [0.25, 0.3) is 0 Å². The third-order valence-electron chi connectivity index (χ3n) is 1.06. The topological polar surface area (TPSA) is 0 Å². The third-order valence-corrected chi connectivity index (χ3v) is 3.03. The fourth-order valence-electron chi connectivity index (χ4n) is 0.668. The zero-order valence-corrected chi connectivity index (χ0v) is 7.85. The van der Waals surface area contributed by atoms with Crippen LogP contribution in [0.5, 0.6) is 0 Å². The van der Waals surface area contributed by atoms with E-state index in [1.54, 1.807) is 0 Å². The summed E-state index contributed by atoms with van der Waals surface area (Å²) in [4.78, 5) is 1.68. The molecule has 1 aromatic rings. The molecule has 0 saturated heterocycles. The van der Waals surface area contributed by atoms with Crippen LogP contribution in [0.25, 0.3) is 5.83 Å². The van der Waals surface area contributed by atoms with Crippen molar-refractivity contribution in [2.45, 2.75) is 6.92 Å². The van der Waals surface area contributed by atoms with Crippen molar-refractivity contribution >= 4 is 33.1 Å². The van der Waals surface area contributed by atoms with Gasteiger partial charge in [0.15, 0.2) is 0 Å². The lowest BCUT2D eigenvalue weighted by Crippen LogP contribution is -1.65. The summed E-state index contributed by atoms with van der Waals surface area (Å²) in [6, 6.07) is 1.88. The smallest absolute Gasteiger partial charge is 0.134 e. The van der Waals surface area contributed by atoms with Gasteiger partial charge in [-0.05, 0) is 28.9 Å². The minimum Gasteiger partial charge on any atom is -0.206 e. The van der Waals surface area contributed by atoms with Gasteiger partial charge in [-0.25, -0.2) is 4.39 Å². The van der Waals surface area contributed by atoms with E-state index in [1.165, 1.54) is 11.3 Å². The van der Waals surface area contributed by atoms with Crippen molar-refractivity contribution in [2.75, 3.05) is 0 Å². The molecule has 0 unspecified atom stereocenters. The zero-order chi connectivity index (χ0) is 7.72. The van der Waals surface area contributed by atoms with Crippen molar-refractivity contribution in [1.82, 2.24) is 0 Å². The number of thiophene rings is 1. The summed E-state index contributed by atoms with van der Waals surface area (Å²) in [7, 11) is 0. The highest BCUT2D eigenvalue weighted by Gasteiger charge is 2.06. The average molecular weight is 221 g/mol. The fourth-order valence-corrected chi connectivity index (χ4v) is 2.39. The van der Waals surface area contributed by atoms with Gasteiger partial charge in [-0.3, -0.25) is 0 Å². The number of hydrogen-bond acceptors (Lipinski definition) is 1. The normalized spacial score (nSPS) is 9.90. The Morgan fingerprint density at radius 2 is 2.40 bits per heavy atom. The monoisotopic (exact) mass is 220 g/mol. The maximum atomic E-state index is 12.5. The summed E-state index contributed by atoms with van der Waals surface area (Å²) < 4.78 is 13.3. The summed E-state index contributed by atoms with van der Waals surface area (Å²) in [5, 5.41) is 0. The van der Waals surface area contributed by atoms with Crippen LogP contribution < -0.4 is 0 Å². The molecular formula is C7H6BrFS. The van der Waals surface area contributed by atoms with Crippen molar-refractivity contribution in [3.63, 3.8) is 0 Å². The molecule has 0 nitrogen and oxygen atoms in total. The van der Waals surface area contributed by atoms with Crippen molar-refractivity contribution in [1.29, 1.82) is 0 Å². The quantitative estimate of drug-likeness (QED) is 0.677. The lowest BCUT2D eigenvalue weighted by atomic mass is 10.4. The van der Waals surface area contributed by atoms with Gasteiger partial charge in [-0.1, -0.05) is 6.58 Å². The van der Waals surface area contributed by atoms with E-state index in [2.05, 4.69) is 22.5 Å². The number of rotatable bonds is 1. The Balaban J connectivity index is 3.15. The molecule has 0 aliphatic heterocycles. The van der Waals surface area contributed by atoms with Crippen LogP contribution in [0.2, 0.25) is 0 Å². The van der Waals surface area contributed by atoms with Crippen LogP contribution in [0, 0.1) is 6.92 Å². The fraction of sp³-hybridized carbons (Fsp3) is 0.143. The Morgan fingerprint density at radius 3 is 2.60 bits per heavy atom. The van der Waals surface area contributed by atoms with Gasteiger partial charge in [0.05, 0.1) is 4.88 Å². The first-order valence-electron chi connectivity index (χ1n) is 2.72. The molecule has 0 aromatic carbocycles. The van der Waals surface area contributed by atoms with Crippen LogP contribution in [0.1, 0.15) is 9.75 Å². The van der Waals surface area contributed by atoms with Gasteiger partial charge in [-0.2, -0.15) is 0 Å². The van der Waals surface area contributed by atoms with Crippen molar-refractivity contribution < 1.29 is 4.39 Å². The van der Waals surface area contributed by atoms with Gasteiger partial charge in [0, 0.05) is 9.35 Å². The maximum absolute atomic E-state index is 12.5. The van der Waals surface area contributed by atoms with Crippen LogP contribution >= 0.6 is 27.3 Å². The van der Waals surface area contributed by atoms with Crippen molar-refractivity contribution in [3.05, 3.63) is 26.9 Å². The summed E-state index contributed by atoms with van der Waals surface area (Å²) >= 11 is 4.63. The van der Waals surface area contributed by atoms with Crippen LogP contribution in [0.4, 0.5) is 4.39 Å². The lowest BCUT2D eigenvalue weighted by molar-refractivity contribution is 0.766. The van der Waals surface area contributed by atoms with E-state index in [0.717, 1.165) is 9.35 Å². The SMILES string of the molecule is C=C(F)c1sc(C)cc1Br. The molecule has 10 heavy (non-hydrogen) atoms. The molecule has 0 N–H and O–H groups in total. The minimum absolute atomic E-state index is 0.370. The Hall–Kier alpha value is -0.150. The van der Waals surface area contributed by atoms with E-state index in [0.29, 0.717) is 4.88 Å². The van der Waals surface area contributed by atoms with Crippen LogP contribution in [0.15, 0.2) is 17.1 Å². The number of halogens is 2. The predicted octanol–water partition coefficient (Wildman–Crippen LogP) is 3.76. The van der Waals surface area contributed by atoms with Crippen LogP contribution in [-0.4, -0.2) is 0 Å². The molecule has 0 bridgehead atoms. The third kappa shape index (κ3) is 1.47. The molecule has 54 valence electrons. The lowest BCUT2D eigenvalue weighted by Gasteiger charge is -1.87. The van der Waals surface area contributed by atoms with Gasteiger partial charge in [-0.15, -0.1) is 11.3 Å². The standard InChI is InChI=1S/C7H6BrFS/c1-4-3-6(8)7(10-4)5(2)9/h3H,2H2,1H3. The summed E-state index contributed by atoms with van der Waals surface area (Å²) in [5.74, 6) is -0.370. The molecule has 0 aliphatic rings. The largest absolute Gasteiger partial charge is 0.206 e. The average Bonchev–Trinajstić information content (AvgIpc) is 2.10. The molecule has 3 heteroatoms. The van der Waals surface area contributed by atoms with E-state index in [4.69, 9.17) is 0 Å². The summed E-state index contributed by atoms with van der Waals surface area (Å²) in [6.45, 7) is 5.15. The second kappa shape index (κ2) is 2.84. The van der Waals surface area contributed by atoms with E-state index in [9.17, 15) is 4.39 Å². The first-order chi connectivity index (χ1) is 4.61. The van der Waals surface area contributed by atoms with E-state index in [1.807, 2.05) is 13.0 Å². The highest BCUT2D eigenvalue weighted by Crippen LogP contribution is 2.32. The molecule has 0 spiro atoms. The van der Waals surface area contributed by atoms with Gasteiger partial charge in [0.1, 0.15) is 5.83 Å². The van der Waals surface area contributed by atoms with E-state index >= 15 is 0 Å². The highest BCUT2D eigenvalue weighted by atomic mass is 79.9. The van der Waals surface area contributed by atoms with Gasteiger partial charge in [0.2, 0.25) is 0 Å². The molecule has 0 fully saturated rings. The molecule has 0 radical (unpaired) electrons. The van der Waals surface area contributed by atoms with Crippen LogP contribution in [0.3, 0.4) is 0 Å². The molecule has 0 atom stereocenters. The highest BCUT2D eigenvalue weighted by molar-refractivity contribution is 9.10. The molecular weight excluding hydrogens is 215 g/mol. The van der Waals surface area contributed by atoms with Crippen molar-refractivity contribution in [3.8, 4) is 0 Å². The number of aryl methyl sites for hydroxylation is 1. The van der Waals surface area contributed by atoms with Crippen molar-refractivity contribution in [2.24, 2.45) is 0 Å². The van der Waals surface area contributed by atoms with Gasteiger partial charge >= 0.3 is 0 Å². The molecule has 1 aromatic heterocycles. The molecule has 0 amide bonds. The Kier molecular flexibility index (Phi) is 2.26. The van der Waals surface area contributed by atoms with Gasteiger partial charge < -0.3 is 0 Å². The predicted molar refractivity (Wildman–Crippen MR) is 46.9 cm³/mol. The first-order valence-corrected chi connectivity index (χ1v) is 4.33. The minimum atomic E-state index is -0.370. The summed E-state index contributed by atoms with van der Waals surface area (Å²) in [6.07, 6.45) is 0. The number of hydrogen-bond donors (Lipinski definition) is 0.